The first-order valence-corrected chi connectivity index (χ1v) is 11.5. The SMILES string of the molecule is O=C(NCC(=O)N1[C@H]2C[C@@]2(Cn2cncn2)C[C@H]1C(=O)O)c1ccc2c(c1)-c1ccccc1C2(F)F. The topological polar surface area (TPSA) is 117 Å². The van der Waals surface area contributed by atoms with E-state index in [-0.39, 0.29) is 33.7 Å². The van der Waals surface area contributed by atoms with Crippen LogP contribution in [0, 0.1) is 5.41 Å². The van der Waals surface area contributed by atoms with Crippen LogP contribution in [0.2, 0.25) is 0 Å². The fraction of sp³-hybridized carbons (Fsp3) is 0.320. The molecule has 2 aromatic carbocycles. The zero-order valence-electron chi connectivity index (χ0n) is 18.9. The molecule has 11 heteroatoms. The number of carbonyl (C=O) groups is 3. The first-order valence-electron chi connectivity index (χ1n) is 11.5. The van der Waals surface area contributed by atoms with Gasteiger partial charge in [-0.15, -0.1) is 0 Å². The van der Waals surface area contributed by atoms with Crippen LogP contribution in [0.15, 0.2) is 55.1 Å². The van der Waals surface area contributed by atoms with Gasteiger partial charge in [-0.3, -0.25) is 14.3 Å². The molecule has 3 aromatic rings. The van der Waals surface area contributed by atoms with Crippen molar-refractivity contribution in [3.05, 3.63) is 71.8 Å². The molecule has 1 aliphatic heterocycles. The molecule has 1 saturated carbocycles. The number of likely N-dealkylation sites (tertiary alicyclic amines) is 1. The molecule has 9 nitrogen and oxygen atoms in total. The number of aliphatic carboxylic acids is 1. The quantitative estimate of drug-likeness (QED) is 0.544. The number of rotatable bonds is 6. The molecule has 3 aliphatic rings. The fourth-order valence-corrected chi connectivity index (χ4v) is 5.73. The molecule has 6 rings (SSSR count). The van der Waals surface area contributed by atoms with Crippen LogP contribution in [0.5, 0.6) is 0 Å². The number of piperidine rings is 1. The van der Waals surface area contributed by atoms with E-state index in [1.807, 2.05) is 0 Å². The van der Waals surface area contributed by atoms with Crippen molar-refractivity contribution >= 4 is 17.8 Å². The normalized spacial score (nSPS) is 24.6. The third-order valence-electron chi connectivity index (χ3n) is 7.51. The lowest BCUT2D eigenvalue weighted by molar-refractivity contribution is -0.149. The van der Waals surface area contributed by atoms with Gasteiger partial charge < -0.3 is 15.3 Å². The Labute approximate surface area is 203 Å². The first kappa shape index (κ1) is 22.3. The number of hydrogen-bond donors (Lipinski definition) is 2. The van der Waals surface area contributed by atoms with Gasteiger partial charge in [-0.2, -0.15) is 13.9 Å². The van der Waals surface area contributed by atoms with Gasteiger partial charge in [0, 0.05) is 28.1 Å². The Bertz CT molecular complexity index is 1410. The number of nitrogens with zero attached hydrogens (tertiary/aromatic N) is 4. The monoisotopic (exact) mass is 493 g/mol. The van der Waals surface area contributed by atoms with E-state index in [0.717, 1.165) is 0 Å². The smallest absolute Gasteiger partial charge is 0.326 e. The zero-order valence-corrected chi connectivity index (χ0v) is 18.9. The van der Waals surface area contributed by atoms with E-state index in [0.29, 0.717) is 24.9 Å². The maximum atomic E-state index is 14.8. The lowest BCUT2D eigenvalue weighted by Gasteiger charge is -2.24. The summed E-state index contributed by atoms with van der Waals surface area (Å²) in [7, 11) is 0. The van der Waals surface area contributed by atoms with Crippen LogP contribution in [-0.4, -0.2) is 61.2 Å². The lowest BCUT2D eigenvalue weighted by atomic mass is 10.00. The molecule has 36 heavy (non-hydrogen) atoms. The van der Waals surface area contributed by atoms with Crippen LogP contribution < -0.4 is 5.32 Å². The van der Waals surface area contributed by atoms with E-state index in [9.17, 15) is 28.3 Å². The number of benzene rings is 2. The molecular weight excluding hydrogens is 472 g/mol. The predicted molar refractivity (Wildman–Crippen MR) is 121 cm³/mol. The van der Waals surface area contributed by atoms with Crippen LogP contribution in [0.25, 0.3) is 11.1 Å². The van der Waals surface area contributed by atoms with E-state index in [4.69, 9.17) is 0 Å². The molecule has 2 amide bonds. The maximum Gasteiger partial charge on any atom is 0.326 e. The Morgan fingerprint density at radius 3 is 2.61 bits per heavy atom. The number of carboxylic acid groups (broad SMARTS) is 1. The minimum absolute atomic E-state index is 0.111. The van der Waals surface area contributed by atoms with E-state index in [1.54, 1.807) is 29.2 Å². The van der Waals surface area contributed by atoms with Gasteiger partial charge in [-0.1, -0.05) is 30.3 Å². The molecule has 0 spiro atoms. The number of hydrogen-bond acceptors (Lipinski definition) is 5. The molecule has 2 N–H and O–H groups in total. The molecule has 2 heterocycles. The average molecular weight is 493 g/mol. The summed E-state index contributed by atoms with van der Waals surface area (Å²) in [5.41, 5.74) is 0.111. The number of alkyl halides is 2. The molecule has 0 bridgehead atoms. The van der Waals surface area contributed by atoms with Crippen molar-refractivity contribution in [2.45, 2.75) is 37.4 Å². The van der Waals surface area contributed by atoms with Crippen LogP contribution in [0.3, 0.4) is 0 Å². The highest BCUT2D eigenvalue weighted by molar-refractivity contribution is 5.99. The molecular formula is C25H21F2N5O4. The number of carbonyl (C=O) groups excluding carboxylic acids is 2. The van der Waals surface area contributed by atoms with E-state index in [1.165, 1.54) is 35.5 Å². The second-order valence-electron chi connectivity index (χ2n) is 9.60. The van der Waals surface area contributed by atoms with Crippen LogP contribution in [0.4, 0.5) is 8.78 Å². The van der Waals surface area contributed by atoms with Gasteiger partial charge in [-0.05, 0) is 36.1 Å². The Morgan fingerprint density at radius 1 is 1.08 bits per heavy atom. The maximum absolute atomic E-state index is 14.8. The Balaban J connectivity index is 1.17. The molecule has 1 aromatic heterocycles. The molecule has 184 valence electrons. The fourth-order valence-electron chi connectivity index (χ4n) is 5.73. The standard InChI is InChI=1S/C25H21F2N5O4/c26-25(27)17-4-2-1-3-15(17)16-7-14(5-6-18(16)25)22(34)29-10-21(33)32-19(23(35)36)8-24(9-20(24)32)11-31-13-28-12-30-31/h1-7,12-13,19-20H,8-11H2,(H,29,34)(H,35,36)/t19-,20-,24+/m0/s1. The highest BCUT2D eigenvalue weighted by atomic mass is 19.3. The minimum Gasteiger partial charge on any atom is -0.480 e. The Kier molecular flexibility index (Phi) is 4.76. The molecule has 2 fully saturated rings. The summed E-state index contributed by atoms with van der Waals surface area (Å²) in [6.07, 6.45) is 3.89. The van der Waals surface area contributed by atoms with E-state index in [2.05, 4.69) is 15.4 Å². The Morgan fingerprint density at radius 2 is 1.86 bits per heavy atom. The summed E-state index contributed by atoms with van der Waals surface area (Å²) in [4.78, 5) is 43.0. The lowest BCUT2D eigenvalue weighted by Crippen LogP contribution is -2.47. The van der Waals surface area contributed by atoms with Gasteiger partial charge in [0.25, 0.3) is 11.8 Å². The van der Waals surface area contributed by atoms with Gasteiger partial charge in [0.2, 0.25) is 5.91 Å². The molecule has 0 unspecified atom stereocenters. The summed E-state index contributed by atoms with van der Waals surface area (Å²) in [5.74, 6) is -5.36. The number of aromatic nitrogens is 3. The van der Waals surface area contributed by atoms with E-state index >= 15 is 0 Å². The summed E-state index contributed by atoms with van der Waals surface area (Å²) in [6, 6.07) is 8.83. The van der Waals surface area contributed by atoms with Crippen molar-refractivity contribution in [2.24, 2.45) is 5.41 Å². The second kappa shape index (κ2) is 7.67. The number of nitrogens with one attached hydrogen (secondary N) is 1. The van der Waals surface area contributed by atoms with Crippen molar-refractivity contribution in [1.82, 2.24) is 25.0 Å². The molecule has 2 aliphatic carbocycles. The molecule has 1 saturated heterocycles. The average Bonchev–Trinajstić information content (AvgIpc) is 3.16. The highest BCUT2D eigenvalue weighted by Crippen LogP contribution is 2.60. The van der Waals surface area contributed by atoms with E-state index < -0.39 is 36.3 Å². The van der Waals surface area contributed by atoms with Gasteiger partial charge in [0.1, 0.15) is 18.7 Å². The minimum atomic E-state index is -3.15. The summed E-state index contributed by atoms with van der Waals surface area (Å²) in [5, 5.41) is 16.3. The number of fused-ring (bicyclic) bond motifs is 4. The first-order chi connectivity index (χ1) is 17.2. The van der Waals surface area contributed by atoms with Crippen molar-refractivity contribution in [3.63, 3.8) is 0 Å². The van der Waals surface area contributed by atoms with Crippen molar-refractivity contribution < 1.29 is 28.3 Å². The third kappa shape index (κ3) is 3.29. The van der Waals surface area contributed by atoms with Crippen LogP contribution >= 0.6 is 0 Å². The predicted octanol–water partition coefficient (Wildman–Crippen LogP) is 2.27. The van der Waals surface area contributed by atoms with Crippen molar-refractivity contribution in [2.75, 3.05) is 6.54 Å². The summed E-state index contributed by atoms with van der Waals surface area (Å²) in [6.45, 7) is 0.0567. The largest absolute Gasteiger partial charge is 0.480 e. The molecule has 3 atom stereocenters. The van der Waals surface area contributed by atoms with Crippen LogP contribution in [0.1, 0.15) is 34.3 Å². The van der Waals surface area contributed by atoms with Gasteiger partial charge in [-0.25, -0.2) is 9.78 Å². The third-order valence-corrected chi connectivity index (χ3v) is 7.51. The van der Waals surface area contributed by atoms with Crippen molar-refractivity contribution in [3.8, 4) is 11.1 Å². The second-order valence-corrected chi connectivity index (χ2v) is 9.60. The highest BCUT2D eigenvalue weighted by Gasteiger charge is 2.67. The number of amides is 2. The Hall–Kier alpha value is -4.15. The van der Waals surface area contributed by atoms with Crippen LogP contribution in [-0.2, 0) is 22.1 Å². The van der Waals surface area contributed by atoms with Gasteiger partial charge in [0.15, 0.2) is 0 Å². The summed E-state index contributed by atoms with van der Waals surface area (Å²) < 4.78 is 31.2. The van der Waals surface area contributed by atoms with Crippen molar-refractivity contribution in [1.29, 1.82) is 0 Å². The van der Waals surface area contributed by atoms with Gasteiger partial charge in [0.05, 0.1) is 13.1 Å². The number of halogens is 2. The number of carboxylic acids is 1. The van der Waals surface area contributed by atoms with Gasteiger partial charge >= 0.3 is 5.97 Å². The molecule has 0 radical (unpaired) electrons. The summed E-state index contributed by atoms with van der Waals surface area (Å²) >= 11 is 0. The zero-order chi connectivity index (χ0) is 25.2.